The van der Waals surface area contributed by atoms with Crippen molar-refractivity contribution < 1.29 is 26.1 Å². The van der Waals surface area contributed by atoms with Crippen LogP contribution in [0.1, 0.15) is 0 Å². The molecule has 94 valence electrons. The van der Waals surface area contributed by atoms with Crippen molar-refractivity contribution in [3.8, 4) is 0 Å². The maximum Gasteiger partial charge on any atom is 0.522 e. The third-order valence-corrected chi connectivity index (χ3v) is 2.01. The lowest BCUT2D eigenvalue weighted by Crippen LogP contribution is -2.21. The van der Waals surface area contributed by atoms with Crippen LogP contribution in [0.5, 0.6) is 0 Å². The molecule has 1 aliphatic heterocycles. The fourth-order valence-corrected chi connectivity index (χ4v) is 0.670. The normalized spacial score (nSPS) is 15.8. The molecular weight excluding hydrogens is 249 g/mol. The van der Waals surface area contributed by atoms with Crippen LogP contribution in [0.4, 0.5) is 13.2 Å². The van der Waals surface area contributed by atoms with Crippen LogP contribution in [-0.2, 0) is 10.1 Å². The van der Waals surface area contributed by atoms with Gasteiger partial charge in [0.25, 0.3) is 0 Å². The largest absolute Gasteiger partial charge is 0.522 e. The van der Waals surface area contributed by atoms with Gasteiger partial charge in [0.1, 0.15) is 0 Å². The second-order valence-electron chi connectivity index (χ2n) is 2.81. The van der Waals surface area contributed by atoms with Gasteiger partial charge in [-0.2, -0.15) is 21.6 Å². The van der Waals surface area contributed by atoms with Gasteiger partial charge in [-0.05, 0) is 6.20 Å². The maximum absolute atomic E-state index is 10.7. The Morgan fingerprint density at radius 2 is 1.88 bits per heavy atom. The van der Waals surface area contributed by atoms with Crippen molar-refractivity contribution in [1.82, 2.24) is 9.80 Å². The molecule has 0 fully saturated rings. The van der Waals surface area contributed by atoms with E-state index >= 15 is 0 Å². The van der Waals surface area contributed by atoms with Crippen molar-refractivity contribution in [2.45, 2.75) is 5.51 Å². The minimum absolute atomic E-state index is 0.934. The lowest BCUT2D eigenvalue weighted by molar-refractivity contribution is -0.0510. The number of alkyl halides is 3. The molecule has 0 amide bonds. The highest BCUT2D eigenvalue weighted by Gasteiger charge is 2.44. The van der Waals surface area contributed by atoms with E-state index in [1.807, 2.05) is 24.3 Å². The van der Waals surface area contributed by atoms with E-state index in [9.17, 15) is 13.2 Å². The average Bonchev–Trinajstić information content (AvgIpc) is 2.48. The van der Waals surface area contributed by atoms with E-state index in [2.05, 4.69) is 11.5 Å². The Labute approximate surface area is 91.2 Å². The Morgan fingerprint density at radius 3 is 2.00 bits per heavy atom. The van der Waals surface area contributed by atoms with Gasteiger partial charge >= 0.3 is 15.6 Å². The van der Waals surface area contributed by atoms with Gasteiger partial charge in [0.15, 0.2) is 0 Å². The van der Waals surface area contributed by atoms with Gasteiger partial charge in [0.05, 0.1) is 6.67 Å². The molecule has 0 aromatic rings. The summed E-state index contributed by atoms with van der Waals surface area (Å²) in [6, 6.07) is 0. The van der Waals surface area contributed by atoms with Crippen LogP contribution in [0.25, 0.3) is 0 Å². The Hall–Kier alpha value is -1.22. The number of rotatable bonds is 1. The highest BCUT2D eigenvalue weighted by Crippen LogP contribution is 2.20. The van der Waals surface area contributed by atoms with Gasteiger partial charge in [-0.3, -0.25) is 4.55 Å². The predicted molar refractivity (Wildman–Crippen MR) is 51.4 cm³/mol. The summed E-state index contributed by atoms with van der Waals surface area (Å²) in [5.41, 5.74) is -5.53. The zero-order chi connectivity index (χ0) is 13.0. The number of nitrogens with zero attached hydrogens (tertiary/aromatic N) is 2. The van der Waals surface area contributed by atoms with E-state index in [1.165, 1.54) is 0 Å². The SMILES string of the molecule is C=CN1C=CN(C)C1.O=S(=O)(O)C(F)(F)F. The minimum atomic E-state index is -5.84. The molecule has 16 heavy (non-hydrogen) atoms. The highest BCUT2D eigenvalue weighted by molar-refractivity contribution is 7.86. The summed E-state index contributed by atoms with van der Waals surface area (Å²) in [6.45, 7) is 4.56. The standard InChI is InChI=1S/C6H10N2.CHF3O3S/c1-3-8-5-4-7(2)6-8;2-1(3,4)8(5,6)7/h3-5H,1,6H2,2H3;(H,5,6,7). The van der Waals surface area contributed by atoms with Crippen LogP contribution in [-0.4, -0.2) is 42.0 Å². The predicted octanol–water partition coefficient (Wildman–Crippen LogP) is 1.20. The zero-order valence-electron chi connectivity index (χ0n) is 8.35. The third kappa shape index (κ3) is 5.03. The van der Waals surface area contributed by atoms with Crippen molar-refractivity contribution in [3.05, 3.63) is 25.2 Å². The van der Waals surface area contributed by atoms with Crippen LogP contribution in [0, 0.1) is 0 Å². The van der Waals surface area contributed by atoms with Crippen LogP contribution < -0.4 is 0 Å². The molecule has 0 atom stereocenters. The molecule has 0 saturated carbocycles. The van der Waals surface area contributed by atoms with Crippen LogP contribution in [0.3, 0.4) is 0 Å². The zero-order valence-corrected chi connectivity index (χ0v) is 9.16. The molecule has 0 aromatic carbocycles. The molecule has 0 unspecified atom stereocenters. The van der Waals surface area contributed by atoms with Crippen LogP contribution in [0.2, 0.25) is 0 Å². The van der Waals surface area contributed by atoms with Crippen LogP contribution in [0.15, 0.2) is 25.2 Å². The molecule has 1 heterocycles. The minimum Gasteiger partial charge on any atom is -0.361 e. The molecule has 0 bridgehead atoms. The van der Waals surface area contributed by atoms with E-state index in [0.29, 0.717) is 0 Å². The first-order valence-electron chi connectivity index (χ1n) is 3.88. The van der Waals surface area contributed by atoms with E-state index < -0.39 is 15.6 Å². The van der Waals surface area contributed by atoms with Crippen molar-refractivity contribution in [2.24, 2.45) is 0 Å². The van der Waals surface area contributed by atoms with Gasteiger partial charge in [-0.1, -0.05) is 6.58 Å². The highest BCUT2D eigenvalue weighted by atomic mass is 32.2. The topological polar surface area (TPSA) is 60.9 Å². The van der Waals surface area contributed by atoms with Gasteiger partial charge < -0.3 is 9.80 Å². The van der Waals surface area contributed by atoms with Crippen LogP contribution >= 0.6 is 0 Å². The van der Waals surface area contributed by atoms with Crippen molar-refractivity contribution in [2.75, 3.05) is 13.7 Å². The molecule has 5 nitrogen and oxygen atoms in total. The second-order valence-corrected chi connectivity index (χ2v) is 4.23. The molecule has 1 N–H and O–H groups in total. The van der Waals surface area contributed by atoms with Gasteiger partial charge in [0.2, 0.25) is 0 Å². The summed E-state index contributed by atoms with van der Waals surface area (Å²) < 4.78 is 57.5. The smallest absolute Gasteiger partial charge is 0.361 e. The first kappa shape index (κ1) is 14.8. The van der Waals surface area contributed by atoms with E-state index in [4.69, 9.17) is 13.0 Å². The van der Waals surface area contributed by atoms with Gasteiger partial charge in [-0.25, -0.2) is 0 Å². The molecule has 0 saturated heterocycles. The Kier molecular flexibility index (Phi) is 4.81. The molecule has 1 rings (SSSR count). The number of halogens is 3. The quantitative estimate of drug-likeness (QED) is 0.567. The molecule has 0 aliphatic carbocycles. The Bertz CT molecular complexity index is 364. The third-order valence-electron chi connectivity index (χ3n) is 1.43. The van der Waals surface area contributed by atoms with Crippen molar-refractivity contribution in [3.63, 3.8) is 0 Å². The number of hydrogen-bond donors (Lipinski definition) is 1. The summed E-state index contributed by atoms with van der Waals surface area (Å²) in [5, 5.41) is 0. The fraction of sp³-hybridized carbons (Fsp3) is 0.429. The Morgan fingerprint density at radius 1 is 1.44 bits per heavy atom. The van der Waals surface area contributed by atoms with E-state index in [-0.39, 0.29) is 0 Å². The second kappa shape index (κ2) is 5.21. The summed E-state index contributed by atoms with van der Waals surface area (Å²) in [6.07, 6.45) is 5.81. The fourth-order valence-electron chi connectivity index (χ4n) is 0.670. The Balaban J connectivity index is 0.000000281. The molecule has 0 spiro atoms. The van der Waals surface area contributed by atoms with E-state index in [1.54, 1.807) is 6.20 Å². The summed E-state index contributed by atoms with van der Waals surface area (Å²) >= 11 is 0. The molecule has 1 aliphatic rings. The first-order valence-corrected chi connectivity index (χ1v) is 5.32. The molecular formula is C7H11F3N2O3S. The average molecular weight is 260 g/mol. The summed E-state index contributed by atoms with van der Waals surface area (Å²) in [4.78, 5) is 4.10. The lowest BCUT2D eigenvalue weighted by Gasteiger charge is -2.11. The van der Waals surface area contributed by atoms with Crippen molar-refractivity contribution >= 4 is 10.1 Å². The molecule has 0 radical (unpaired) electrons. The molecule has 0 aromatic heterocycles. The summed E-state index contributed by atoms with van der Waals surface area (Å²) in [5.74, 6) is 0. The van der Waals surface area contributed by atoms with Crippen molar-refractivity contribution in [1.29, 1.82) is 0 Å². The van der Waals surface area contributed by atoms with E-state index in [0.717, 1.165) is 6.67 Å². The first-order chi connectivity index (χ1) is 7.08. The van der Waals surface area contributed by atoms with Gasteiger partial charge in [-0.15, -0.1) is 0 Å². The number of hydrogen-bond acceptors (Lipinski definition) is 4. The lowest BCUT2D eigenvalue weighted by atomic mass is 10.8. The maximum atomic E-state index is 10.7. The van der Waals surface area contributed by atoms with Gasteiger partial charge in [0, 0.05) is 19.4 Å². The summed E-state index contributed by atoms with van der Waals surface area (Å²) in [7, 11) is -3.81. The molecule has 9 heteroatoms. The monoisotopic (exact) mass is 260 g/mol.